The van der Waals surface area contributed by atoms with Gasteiger partial charge in [0.2, 0.25) is 5.91 Å². The number of aliphatic carboxylic acids is 1. The van der Waals surface area contributed by atoms with Crippen molar-refractivity contribution in [2.24, 2.45) is 5.92 Å². The number of carbonyl (C=O) groups excluding carboxylic acids is 1. The zero-order valence-corrected chi connectivity index (χ0v) is 22.1. The first-order chi connectivity index (χ1) is 16.4. The lowest BCUT2D eigenvalue weighted by atomic mass is 10.0. The lowest BCUT2D eigenvalue weighted by molar-refractivity contribution is -0.142. The molecule has 0 aliphatic rings. The maximum absolute atomic E-state index is 12.8. The van der Waals surface area contributed by atoms with Gasteiger partial charge in [0.25, 0.3) is 0 Å². The molecule has 2 atom stereocenters. The molecule has 35 heavy (non-hydrogen) atoms. The van der Waals surface area contributed by atoms with Gasteiger partial charge in [-0.2, -0.15) is 0 Å². The van der Waals surface area contributed by atoms with Gasteiger partial charge in [0, 0.05) is 6.42 Å². The summed E-state index contributed by atoms with van der Waals surface area (Å²) < 4.78 is 11.6. The van der Waals surface area contributed by atoms with E-state index in [0.29, 0.717) is 0 Å². The molecule has 0 fully saturated rings. The molecule has 8 heteroatoms. The second-order valence-electron chi connectivity index (χ2n) is 9.33. The summed E-state index contributed by atoms with van der Waals surface area (Å²) in [6.07, 6.45) is 9.44. The van der Waals surface area contributed by atoms with Gasteiger partial charge < -0.3 is 20.2 Å². The third-order valence-corrected chi connectivity index (χ3v) is 6.52. The molecule has 194 valence electrons. The van der Waals surface area contributed by atoms with Crippen LogP contribution in [0.2, 0.25) is 0 Å². The summed E-state index contributed by atoms with van der Waals surface area (Å²) in [5, 5.41) is 12.0. The smallest absolute Gasteiger partial charge is 0.326 e. The highest BCUT2D eigenvalue weighted by Gasteiger charge is 2.30. The fraction of sp³-hybridized carbons (Fsp3) is 0.481. The van der Waals surface area contributed by atoms with Gasteiger partial charge in [0.15, 0.2) is 0 Å². The number of hydrogen-bond donors (Lipinski definition) is 4. The number of carboxylic acids is 1. The highest BCUT2D eigenvalue weighted by Crippen LogP contribution is 2.38. The molecule has 0 spiro atoms. The molecular weight excluding hydrogens is 465 g/mol. The van der Waals surface area contributed by atoms with Crippen LogP contribution < -0.4 is 5.32 Å². The summed E-state index contributed by atoms with van der Waals surface area (Å²) in [6.45, 7) is 8.19. The van der Waals surface area contributed by atoms with E-state index >= 15 is 0 Å². The molecule has 0 radical (unpaired) electrons. The van der Waals surface area contributed by atoms with Gasteiger partial charge in [-0.25, -0.2) is 4.79 Å². The molecule has 7 nitrogen and oxygen atoms in total. The molecule has 0 heterocycles. The summed E-state index contributed by atoms with van der Waals surface area (Å²) in [4.78, 5) is 43.5. The topological polar surface area (TPSA) is 124 Å². The third kappa shape index (κ3) is 14.5. The lowest BCUT2D eigenvalue weighted by Gasteiger charge is -2.20. The maximum Gasteiger partial charge on any atom is 0.326 e. The Hall–Kier alpha value is -2.47. The van der Waals surface area contributed by atoms with Crippen LogP contribution >= 0.6 is 7.60 Å². The van der Waals surface area contributed by atoms with Crippen LogP contribution in [-0.2, 0) is 20.6 Å². The van der Waals surface area contributed by atoms with Crippen molar-refractivity contribution in [2.75, 3.05) is 6.16 Å². The highest BCUT2D eigenvalue weighted by molar-refractivity contribution is 7.51. The van der Waals surface area contributed by atoms with Crippen molar-refractivity contribution in [3.8, 4) is 0 Å². The van der Waals surface area contributed by atoms with Crippen LogP contribution in [0.4, 0.5) is 0 Å². The number of rotatable bonds is 15. The van der Waals surface area contributed by atoms with Crippen molar-refractivity contribution >= 4 is 19.5 Å². The Labute approximate surface area is 209 Å². The van der Waals surface area contributed by atoms with E-state index in [1.807, 2.05) is 19.1 Å². The molecule has 1 aromatic carbocycles. The van der Waals surface area contributed by atoms with E-state index in [2.05, 4.69) is 38.2 Å². The van der Waals surface area contributed by atoms with E-state index in [1.165, 1.54) is 11.1 Å². The monoisotopic (exact) mass is 505 g/mol. The van der Waals surface area contributed by atoms with Gasteiger partial charge in [-0.15, -0.1) is 0 Å². The van der Waals surface area contributed by atoms with Crippen molar-refractivity contribution in [1.82, 2.24) is 5.32 Å². The normalized spacial score (nSPS) is 14.2. The minimum Gasteiger partial charge on any atom is -0.480 e. The van der Waals surface area contributed by atoms with Crippen molar-refractivity contribution in [1.29, 1.82) is 0 Å². The Bertz CT molecular complexity index is 957. The van der Waals surface area contributed by atoms with Gasteiger partial charge >= 0.3 is 13.6 Å². The van der Waals surface area contributed by atoms with Gasteiger partial charge in [-0.05, 0) is 65.4 Å². The zero-order valence-electron chi connectivity index (χ0n) is 21.2. The van der Waals surface area contributed by atoms with Crippen LogP contribution in [0.1, 0.15) is 65.4 Å². The first-order valence-electron chi connectivity index (χ1n) is 11.9. The molecular formula is C27H40NO6P. The summed E-state index contributed by atoms with van der Waals surface area (Å²) in [6, 6.07) is 7.71. The van der Waals surface area contributed by atoms with Crippen molar-refractivity contribution in [2.45, 2.75) is 72.3 Å². The Balaban J connectivity index is 2.77. The summed E-state index contributed by atoms with van der Waals surface area (Å²) in [5.74, 6) is -2.89. The maximum atomic E-state index is 12.8. The average molecular weight is 506 g/mol. The number of hydrogen-bond acceptors (Lipinski definition) is 3. The van der Waals surface area contributed by atoms with Crippen molar-refractivity contribution < 1.29 is 29.0 Å². The van der Waals surface area contributed by atoms with Gasteiger partial charge in [-0.1, -0.05) is 65.3 Å². The SMILES string of the molecule is CC(C)=CCC/C(C)=C/CC/C(C)=C/CC(CP(=O)(O)O)C(=O)N[C@@H](Cc1ccccc1)C(=O)O. The van der Waals surface area contributed by atoms with Crippen LogP contribution in [0.3, 0.4) is 0 Å². The summed E-state index contributed by atoms with van der Waals surface area (Å²) in [5.41, 5.74) is 4.38. The molecule has 1 unspecified atom stereocenters. The fourth-order valence-corrected chi connectivity index (χ4v) is 4.46. The number of allylic oxidation sites excluding steroid dienone is 6. The zero-order chi connectivity index (χ0) is 26.4. The van der Waals surface area contributed by atoms with E-state index in [0.717, 1.165) is 36.8 Å². The number of benzene rings is 1. The molecule has 1 aromatic rings. The molecule has 0 aromatic heterocycles. The first-order valence-corrected chi connectivity index (χ1v) is 13.7. The average Bonchev–Trinajstić information content (AvgIpc) is 2.75. The quantitative estimate of drug-likeness (QED) is 0.187. The molecule has 0 saturated carbocycles. The Morgan fingerprint density at radius 3 is 2.06 bits per heavy atom. The van der Waals surface area contributed by atoms with E-state index in [9.17, 15) is 29.0 Å². The van der Waals surface area contributed by atoms with E-state index in [4.69, 9.17) is 0 Å². The fourth-order valence-electron chi connectivity index (χ4n) is 3.57. The molecule has 0 aliphatic heterocycles. The van der Waals surface area contributed by atoms with Gasteiger partial charge in [0.05, 0.1) is 12.1 Å². The van der Waals surface area contributed by atoms with Crippen LogP contribution in [-0.4, -0.2) is 39.0 Å². The van der Waals surface area contributed by atoms with Crippen molar-refractivity contribution in [3.63, 3.8) is 0 Å². The first kappa shape index (κ1) is 30.6. The predicted molar refractivity (Wildman–Crippen MR) is 140 cm³/mol. The van der Waals surface area contributed by atoms with Gasteiger partial charge in [0.1, 0.15) is 6.04 Å². The Kier molecular flexibility index (Phi) is 13.5. The highest BCUT2D eigenvalue weighted by atomic mass is 31.2. The van der Waals surface area contributed by atoms with Crippen LogP contribution in [0.5, 0.6) is 0 Å². The molecule has 0 aliphatic carbocycles. The standard InChI is InChI=1S/C27H40NO6P/c1-20(2)10-8-11-21(3)12-9-13-22(4)16-17-24(19-35(32,33)34)26(29)28-25(27(30)31)18-23-14-6-5-7-15-23/h5-7,10,12,14-16,24-25H,8-9,11,13,17-19H2,1-4H3,(H,28,29)(H,30,31)(H2,32,33,34)/b21-12+,22-16+/t24?,25-/m0/s1. The molecule has 4 N–H and O–H groups in total. The largest absolute Gasteiger partial charge is 0.480 e. The number of carboxylic acid groups (broad SMARTS) is 1. The number of amides is 1. The predicted octanol–water partition coefficient (Wildman–Crippen LogP) is 5.40. The van der Waals surface area contributed by atoms with Crippen LogP contribution in [0.25, 0.3) is 0 Å². The van der Waals surface area contributed by atoms with Crippen LogP contribution in [0.15, 0.2) is 65.3 Å². The lowest BCUT2D eigenvalue weighted by Crippen LogP contribution is -2.45. The second-order valence-corrected chi connectivity index (χ2v) is 11.0. The van der Waals surface area contributed by atoms with Crippen molar-refractivity contribution in [3.05, 3.63) is 70.8 Å². The molecule has 1 amide bonds. The van der Waals surface area contributed by atoms with E-state index < -0.39 is 37.6 Å². The van der Waals surface area contributed by atoms with Crippen LogP contribution in [0, 0.1) is 5.92 Å². The Morgan fingerprint density at radius 1 is 0.943 bits per heavy atom. The molecule has 0 bridgehead atoms. The van der Waals surface area contributed by atoms with Gasteiger partial charge in [-0.3, -0.25) is 9.36 Å². The second kappa shape index (κ2) is 15.5. The number of nitrogens with one attached hydrogen (secondary N) is 1. The van der Waals surface area contributed by atoms with E-state index in [-0.39, 0.29) is 12.8 Å². The van der Waals surface area contributed by atoms with E-state index in [1.54, 1.807) is 24.3 Å². The molecule has 0 saturated heterocycles. The minimum atomic E-state index is -4.47. The number of carbonyl (C=O) groups is 2. The summed E-state index contributed by atoms with van der Waals surface area (Å²) in [7, 11) is -4.47. The molecule has 1 rings (SSSR count). The minimum absolute atomic E-state index is 0.0821. The summed E-state index contributed by atoms with van der Waals surface area (Å²) >= 11 is 0. The Morgan fingerprint density at radius 2 is 1.51 bits per heavy atom. The third-order valence-electron chi connectivity index (χ3n) is 5.60.